The normalized spacial score (nSPS) is 12.1. The first-order valence-electron chi connectivity index (χ1n) is 7.08. The van der Waals surface area contributed by atoms with E-state index in [1.54, 1.807) is 0 Å². The molecule has 2 aromatic rings. The number of quaternary nitrogens is 1. The van der Waals surface area contributed by atoms with E-state index in [1.165, 1.54) is 5.56 Å². The van der Waals surface area contributed by atoms with Crippen molar-refractivity contribution < 1.29 is 4.48 Å². The molecule has 5 heteroatoms. The number of hydrogen-bond acceptors (Lipinski definition) is 3. The van der Waals surface area contributed by atoms with E-state index in [0.29, 0.717) is 0 Å². The van der Waals surface area contributed by atoms with E-state index in [1.807, 2.05) is 10.6 Å². The Labute approximate surface area is 121 Å². The number of nitrogens with zero attached hydrogens (tertiary/aromatic N) is 3. The number of aromatic nitrogens is 2. The fourth-order valence-corrected chi connectivity index (χ4v) is 2.24. The smallest absolute Gasteiger partial charge is 0.172 e. The van der Waals surface area contributed by atoms with Gasteiger partial charge in [-0.05, 0) is 25.5 Å². The van der Waals surface area contributed by atoms with Crippen molar-refractivity contribution in [1.82, 2.24) is 9.61 Å². The Bertz CT molecular complexity index is 607. The zero-order valence-corrected chi connectivity index (χ0v) is 13.2. The molecule has 0 aliphatic rings. The highest BCUT2D eigenvalue weighted by molar-refractivity contribution is 5.81. The molecule has 0 aliphatic carbocycles. The van der Waals surface area contributed by atoms with Gasteiger partial charge in [0.25, 0.3) is 0 Å². The topological polar surface area (TPSA) is 55.3 Å². The van der Waals surface area contributed by atoms with Crippen LogP contribution in [0.15, 0.2) is 12.1 Å². The van der Waals surface area contributed by atoms with Gasteiger partial charge in [0.2, 0.25) is 0 Å². The van der Waals surface area contributed by atoms with Gasteiger partial charge < -0.3 is 15.5 Å². The second-order valence-electron chi connectivity index (χ2n) is 6.46. The molecule has 3 N–H and O–H groups in total. The number of hydrogen-bond donors (Lipinski definition) is 2. The van der Waals surface area contributed by atoms with Crippen molar-refractivity contribution in [1.29, 1.82) is 0 Å². The third kappa shape index (κ3) is 3.04. The quantitative estimate of drug-likeness (QED) is 0.649. The van der Waals surface area contributed by atoms with Gasteiger partial charge in [0.05, 0.1) is 33.2 Å². The molecule has 0 fully saturated rings. The highest BCUT2D eigenvalue weighted by atomic mass is 15.3. The summed E-state index contributed by atoms with van der Waals surface area (Å²) in [4.78, 5) is 0. The van der Waals surface area contributed by atoms with Crippen LogP contribution < -0.4 is 11.1 Å². The Hall–Kier alpha value is -1.75. The Morgan fingerprint density at radius 1 is 1.25 bits per heavy atom. The Morgan fingerprint density at radius 3 is 2.60 bits per heavy atom. The first kappa shape index (κ1) is 14.7. The van der Waals surface area contributed by atoms with Gasteiger partial charge in [-0.15, -0.1) is 5.10 Å². The molecule has 0 radical (unpaired) electrons. The van der Waals surface area contributed by atoms with Gasteiger partial charge in [-0.25, -0.2) is 4.52 Å². The van der Waals surface area contributed by atoms with Gasteiger partial charge in [-0.3, -0.25) is 0 Å². The lowest BCUT2D eigenvalue weighted by Crippen LogP contribution is -2.36. The largest absolute Gasteiger partial charge is 0.394 e. The molecule has 0 atom stereocenters. The maximum absolute atomic E-state index is 6.18. The fourth-order valence-electron chi connectivity index (χ4n) is 2.24. The zero-order valence-electron chi connectivity index (χ0n) is 13.2. The van der Waals surface area contributed by atoms with Crippen molar-refractivity contribution in [3.05, 3.63) is 23.4 Å². The van der Waals surface area contributed by atoms with Crippen LogP contribution >= 0.6 is 0 Å². The summed E-state index contributed by atoms with van der Waals surface area (Å²) in [6.45, 7) is 6.16. The summed E-state index contributed by atoms with van der Waals surface area (Å²) >= 11 is 0. The van der Waals surface area contributed by atoms with Crippen LogP contribution in [0.25, 0.3) is 5.52 Å². The van der Waals surface area contributed by atoms with E-state index in [9.17, 15) is 0 Å². The summed E-state index contributed by atoms with van der Waals surface area (Å²) in [6.07, 6.45) is 1.09. The third-order valence-electron chi connectivity index (χ3n) is 3.64. The number of nitrogen functional groups attached to an aromatic ring is 1. The minimum Gasteiger partial charge on any atom is -0.394 e. The molecule has 0 spiro atoms. The summed E-state index contributed by atoms with van der Waals surface area (Å²) in [5, 5.41) is 7.94. The number of nitrogens with one attached hydrogen (secondary N) is 1. The van der Waals surface area contributed by atoms with Crippen molar-refractivity contribution in [2.24, 2.45) is 0 Å². The summed E-state index contributed by atoms with van der Waals surface area (Å²) in [7, 11) is 6.60. The van der Waals surface area contributed by atoms with Gasteiger partial charge in [0, 0.05) is 18.7 Å². The highest BCUT2D eigenvalue weighted by Gasteiger charge is 2.12. The number of nitrogens with two attached hydrogens (primary N) is 1. The highest BCUT2D eigenvalue weighted by Crippen LogP contribution is 2.25. The fraction of sp³-hybridized carbons (Fsp3) is 0.533. The average molecular weight is 276 g/mol. The van der Waals surface area contributed by atoms with Crippen LogP contribution in [0.1, 0.15) is 17.7 Å². The molecule has 0 amide bonds. The molecule has 0 aliphatic heterocycles. The van der Waals surface area contributed by atoms with E-state index >= 15 is 0 Å². The van der Waals surface area contributed by atoms with Crippen LogP contribution in [0.4, 0.5) is 11.5 Å². The van der Waals surface area contributed by atoms with Crippen LogP contribution in [0.2, 0.25) is 0 Å². The minimum absolute atomic E-state index is 0.735. The molecule has 0 saturated heterocycles. The van der Waals surface area contributed by atoms with Crippen LogP contribution in [-0.4, -0.2) is 48.3 Å². The standard InChI is InChI=1S/C15H26N5/c1-11-7-8-13-14(16)15(18-19(13)12(11)2)17-9-6-10-20(3,4)5/h7-8H,6,9-10,16H2,1-5H3,(H,17,18)/q+1. The minimum atomic E-state index is 0.735. The summed E-state index contributed by atoms with van der Waals surface area (Å²) in [5.74, 6) is 0.792. The van der Waals surface area contributed by atoms with E-state index in [4.69, 9.17) is 5.73 Å². The first-order chi connectivity index (χ1) is 9.29. The van der Waals surface area contributed by atoms with Crippen LogP contribution in [0, 0.1) is 13.8 Å². The van der Waals surface area contributed by atoms with Crippen LogP contribution in [0.5, 0.6) is 0 Å². The molecule has 20 heavy (non-hydrogen) atoms. The molecule has 5 nitrogen and oxygen atoms in total. The maximum atomic E-state index is 6.18. The van der Waals surface area contributed by atoms with Gasteiger partial charge in [-0.2, -0.15) is 0 Å². The predicted molar refractivity (Wildman–Crippen MR) is 85.1 cm³/mol. The Balaban J connectivity index is 2.11. The van der Waals surface area contributed by atoms with Crippen molar-refractivity contribution in [2.45, 2.75) is 20.3 Å². The average Bonchev–Trinajstić information content (AvgIpc) is 2.67. The SMILES string of the molecule is Cc1ccc2c(N)c(NCCC[N+](C)(C)C)nn2c1C. The van der Waals surface area contributed by atoms with E-state index < -0.39 is 0 Å². The Kier molecular flexibility index (Phi) is 3.90. The second-order valence-corrected chi connectivity index (χ2v) is 6.46. The molecular weight excluding hydrogens is 250 g/mol. The van der Waals surface area contributed by atoms with Gasteiger partial charge in [-0.1, -0.05) is 6.07 Å². The number of pyridine rings is 1. The lowest BCUT2D eigenvalue weighted by Gasteiger charge is -2.23. The van der Waals surface area contributed by atoms with Crippen LogP contribution in [-0.2, 0) is 0 Å². The summed E-state index contributed by atoms with van der Waals surface area (Å²) in [5.41, 5.74) is 10.2. The van der Waals surface area contributed by atoms with Gasteiger partial charge in [0.15, 0.2) is 5.82 Å². The van der Waals surface area contributed by atoms with Crippen LogP contribution in [0.3, 0.4) is 0 Å². The molecule has 0 aromatic carbocycles. The molecule has 2 aromatic heterocycles. The molecule has 0 bridgehead atoms. The van der Waals surface area contributed by atoms with E-state index in [-0.39, 0.29) is 0 Å². The second kappa shape index (κ2) is 5.32. The van der Waals surface area contributed by atoms with Crippen molar-refractivity contribution in [3.8, 4) is 0 Å². The van der Waals surface area contributed by atoms with Crippen molar-refractivity contribution in [2.75, 3.05) is 45.3 Å². The monoisotopic (exact) mass is 276 g/mol. The number of aryl methyl sites for hydroxylation is 2. The molecule has 0 saturated carbocycles. The predicted octanol–water partition coefficient (Wildman–Crippen LogP) is 2.04. The van der Waals surface area contributed by atoms with Gasteiger partial charge in [0.1, 0.15) is 5.69 Å². The number of anilines is 2. The number of fused-ring (bicyclic) bond motifs is 1. The summed E-state index contributed by atoms with van der Waals surface area (Å²) < 4.78 is 2.90. The molecular formula is C15H26N5+. The Morgan fingerprint density at radius 2 is 1.95 bits per heavy atom. The first-order valence-corrected chi connectivity index (χ1v) is 7.08. The molecule has 2 heterocycles. The van der Waals surface area contributed by atoms with E-state index in [0.717, 1.165) is 46.7 Å². The molecule has 110 valence electrons. The lowest BCUT2D eigenvalue weighted by molar-refractivity contribution is -0.870. The van der Waals surface area contributed by atoms with Gasteiger partial charge >= 0.3 is 0 Å². The summed E-state index contributed by atoms with van der Waals surface area (Å²) in [6, 6.07) is 4.12. The third-order valence-corrected chi connectivity index (χ3v) is 3.64. The maximum Gasteiger partial charge on any atom is 0.172 e. The zero-order chi connectivity index (χ0) is 14.9. The lowest BCUT2D eigenvalue weighted by atomic mass is 10.2. The number of rotatable bonds is 5. The van der Waals surface area contributed by atoms with Crippen molar-refractivity contribution in [3.63, 3.8) is 0 Å². The molecule has 2 rings (SSSR count). The van der Waals surface area contributed by atoms with E-state index in [2.05, 4.69) is 51.5 Å². The molecule has 0 unspecified atom stereocenters. The van der Waals surface area contributed by atoms with Crippen molar-refractivity contribution >= 4 is 17.0 Å².